The Bertz CT molecular complexity index is 309. The number of urea groups is 1. The number of nitrogens with zero attached hydrogens (tertiary/aromatic N) is 1. The van der Waals surface area contributed by atoms with Crippen LogP contribution in [-0.2, 0) is 4.79 Å². The topological polar surface area (TPSA) is 95.7 Å². The Morgan fingerprint density at radius 2 is 2.22 bits per heavy atom. The van der Waals surface area contributed by atoms with Gasteiger partial charge in [-0.1, -0.05) is 20.3 Å². The second kappa shape index (κ2) is 6.58. The minimum absolute atomic E-state index is 0.0177. The maximum atomic E-state index is 12.3. The van der Waals surface area contributed by atoms with Crippen molar-refractivity contribution in [3.63, 3.8) is 0 Å². The summed E-state index contributed by atoms with van der Waals surface area (Å²) in [5, 5.41) is 12.1. The molecule has 0 aliphatic carbocycles. The third-order valence-electron chi connectivity index (χ3n) is 3.48. The SMILES string of the molecule is CCC(C)C(NC(N)=O)C(=O)N1CCCC(O)C1. The highest BCUT2D eigenvalue weighted by molar-refractivity contribution is 5.87. The molecule has 104 valence electrons. The van der Waals surface area contributed by atoms with Gasteiger partial charge in [0.05, 0.1) is 6.10 Å². The van der Waals surface area contributed by atoms with Gasteiger partial charge in [-0.25, -0.2) is 4.79 Å². The molecule has 0 aromatic heterocycles. The van der Waals surface area contributed by atoms with Crippen molar-refractivity contribution in [2.75, 3.05) is 13.1 Å². The molecule has 6 nitrogen and oxygen atoms in total. The molecule has 3 atom stereocenters. The predicted molar refractivity (Wildman–Crippen MR) is 67.8 cm³/mol. The zero-order valence-corrected chi connectivity index (χ0v) is 11.1. The summed E-state index contributed by atoms with van der Waals surface area (Å²) in [6.07, 6.45) is 1.82. The highest BCUT2D eigenvalue weighted by atomic mass is 16.3. The van der Waals surface area contributed by atoms with Crippen LogP contribution < -0.4 is 11.1 Å². The van der Waals surface area contributed by atoms with Crippen LogP contribution >= 0.6 is 0 Å². The first-order chi connectivity index (χ1) is 8.45. The van der Waals surface area contributed by atoms with Crippen LogP contribution in [0.4, 0.5) is 4.79 Å². The minimum Gasteiger partial charge on any atom is -0.391 e. The minimum atomic E-state index is -0.689. The van der Waals surface area contributed by atoms with E-state index in [4.69, 9.17) is 5.73 Å². The van der Waals surface area contributed by atoms with Gasteiger partial charge in [0.2, 0.25) is 5.91 Å². The number of hydrogen-bond acceptors (Lipinski definition) is 3. The molecule has 0 aromatic rings. The fraction of sp³-hybridized carbons (Fsp3) is 0.833. The number of rotatable bonds is 4. The summed E-state index contributed by atoms with van der Waals surface area (Å²) in [5.74, 6) is -0.133. The predicted octanol–water partition coefficient (Wildman–Crippen LogP) is 0.0527. The van der Waals surface area contributed by atoms with Crippen molar-refractivity contribution in [1.82, 2.24) is 10.2 Å². The smallest absolute Gasteiger partial charge is 0.312 e. The van der Waals surface area contributed by atoms with Crippen LogP contribution in [0.5, 0.6) is 0 Å². The molecular weight excluding hydrogens is 234 g/mol. The van der Waals surface area contributed by atoms with E-state index in [0.29, 0.717) is 13.1 Å². The first-order valence-electron chi connectivity index (χ1n) is 6.48. The van der Waals surface area contributed by atoms with Gasteiger partial charge < -0.3 is 21.1 Å². The van der Waals surface area contributed by atoms with E-state index >= 15 is 0 Å². The Labute approximate surface area is 108 Å². The van der Waals surface area contributed by atoms with Gasteiger partial charge >= 0.3 is 6.03 Å². The summed E-state index contributed by atoms with van der Waals surface area (Å²) in [4.78, 5) is 24.9. The molecule has 1 fully saturated rings. The molecule has 1 saturated heterocycles. The molecular formula is C12H23N3O3. The highest BCUT2D eigenvalue weighted by Crippen LogP contribution is 2.15. The van der Waals surface area contributed by atoms with Crippen molar-refractivity contribution in [1.29, 1.82) is 0 Å². The van der Waals surface area contributed by atoms with Gasteiger partial charge in [-0.2, -0.15) is 0 Å². The number of hydrogen-bond donors (Lipinski definition) is 3. The lowest BCUT2D eigenvalue weighted by Gasteiger charge is -2.34. The summed E-state index contributed by atoms with van der Waals surface area (Å²) < 4.78 is 0. The van der Waals surface area contributed by atoms with Crippen molar-refractivity contribution in [3.8, 4) is 0 Å². The molecule has 0 radical (unpaired) electrons. The third-order valence-corrected chi connectivity index (χ3v) is 3.48. The van der Waals surface area contributed by atoms with Crippen LogP contribution in [0.25, 0.3) is 0 Å². The number of nitrogens with one attached hydrogen (secondary N) is 1. The van der Waals surface area contributed by atoms with Gasteiger partial charge in [0, 0.05) is 13.1 Å². The number of primary amides is 1. The zero-order chi connectivity index (χ0) is 13.7. The summed E-state index contributed by atoms with van der Waals surface area (Å²) >= 11 is 0. The van der Waals surface area contributed by atoms with Crippen LogP contribution in [0.3, 0.4) is 0 Å². The van der Waals surface area contributed by atoms with Crippen molar-refractivity contribution in [2.24, 2.45) is 11.7 Å². The normalized spacial score (nSPS) is 23.3. The van der Waals surface area contributed by atoms with E-state index in [9.17, 15) is 14.7 Å². The van der Waals surface area contributed by atoms with Crippen molar-refractivity contribution in [2.45, 2.75) is 45.3 Å². The first kappa shape index (κ1) is 14.8. The quantitative estimate of drug-likeness (QED) is 0.664. The number of piperidine rings is 1. The van der Waals surface area contributed by atoms with Gasteiger partial charge in [0.15, 0.2) is 0 Å². The van der Waals surface area contributed by atoms with E-state index in [1.165, 1.54) is 0 Å². The molecule has 0 aromatic carbocycles. The molecule has 1 heterocycles. The first-order valence-corrected chi connectivity index (χ1v) is 6.48. The lowest BCUT2D eigenvalue weighted by molar-refractivity contribution is -0.137. The molecule has 0 spiro atoms. The number of nitrogens with two attached hydrogens (primary N) is 1. The third kappa shape index (κ3) is 3.87. The standard InChI is InChI=1S/C12H23N3O3/c1-3-8(2)10(14-12(13)18)11(17)15-6-4-5-9(16)7-15/h8-10,16H,3-7H2,1-2H3,(H3,13,14,18). The Morgan fingerprint density at radius 3 is 2.72 bits per heavy atom. The monoisotopic (exact) mass is 257 g/mol. The average Bonchev–Trinajstić information content (AvgIpc) is 2.34. The largest absolute Gasteiger partial charge is 0.391 e. The summed E-state index contributed by atoms with van der Waals surface area (Å²) in [6, 6.07) is -1.29. The van der Waals surface area contributed by atoms with Crippen LogP contribution in [0.2, 0.25) is 0 Å². The maximum Gasteiger partial charge on any atom is 0.312 e. The molecule has 0 saturated carbocycles. The van der Waals surface area contributed by atoms with E-state index in [1.807, 2.05) is 13.8 Å². The number of carbonyl (C=O) groups is 2. The average molecular weight is 257 g/mol. The van der Waals surface area contributed by atoms with E-state index in [0.717, 1.165) is 19.3 Å². The van der Waals surface area contributed by atoms with E-state index in [-0.39, 0.29) is 11.8 Å². The lowest BCUT2D eigenvalue weighted by Crippen LogP contribution is -2.55. The van der Waals surface area contributed by atoms with Crippen LogP contribution in [0.15, 0.2) is 0 Å². The number of aliphatic hydroxyl groups is 1. The number of carbonyl (C=O) groups excluding carboxylic acids is 2. The van der Waals surface area contributed by atoms with Crippen molar-refractivity contribution in [3.05, 3.63) is 0 Å². The van der Waals surface area contributed by atoms with Crippen molar-refractivity contribution < 1.29 is 14.7 Å². The van der Waals surface area contributed by atoms with Crippen LogP contribution in [0.1, 0.15) is 33.1 Å². The van der Waals surface area contributed by atoms with Gasteiger partial charge in [0.25, 0.3) is 0 Å². The Kier molecular flexibility index (Phi) is 5.40. The summed E-state index contributed by atoms with van der Waals surface area (Å²) in [6.45, 7) is 4.83. The summed E-state index contributed by atoms with van der Waals surface area (Å²) in [7, 11) is 0. The Balaban J connectivity index is 2.71. The summed E-state index contributed by atoms with van der Waals surface area (Å²) in [5.41, 5.74) is 5.11. The van der Waals surface area contributed by atoms with Crippen LogP contribution in [-0.4, -0.2) is 47.2 Å². The number of β-amino-alcohol motifs (C(OH)–C–C–N with tert-alkyl or cyclic N) is 1. The molecule has 1 rings (SSSR count). The molecule has 1 aliphatic heterocycles. The molecule has 6 heteroatoms. The number of amides is 3. The second-order valence-electron chi connectivity index (χ2n) is 4.95. The van der Waals surface area contributed by atoms with Crippen molar-refractivity contribution >= 4 is 11.9 Å². The Morgan fingerprint density at radius 1 is 1.56 bits per heavy atom. The Hall–Kier alpha value is -1.30. The molecule has 1 aliphatic rings. The van der Waals surface area contributed by atoms with Gasteiger partial charge in [-0.05, 0) is 18.8 Å². The highest BCUT2D eigenvalue weighted by Gasteiger charge is 2.31. The van der Waals surface area contributed by atoms with Gasteiger partial charge in [-0.15, -0.1) is 0 Å². The van der Waals surface area contributed by atoms with Gasteiger partial charge in [-0.3, -0.25) is 4.79 Å². The van der Waals surface area contributed by atoms with E-state index in [1.54, 1.807) is 4.90 Å². The number of likely N-dealkylation sites (tertiary alicyclic amines) is 1. The lowest BCUT2D eigenvalue weighted by atomic mass is 9.96. The van der Waals surface area contributed by atoms with E-state index < -0.39 is 18.2 Å². The zero-order valence-electron chi connectivity index (χ0n) is 11.1. The molecule has 18 heavy (non-hydrogen) atoms. The fourth-order valence-electron chi connectivity index (χ4n) is 2.19. The molecule has 3 unspecified atom stereocenters. The fourth-order valence-corrected chi connectivity index (χ4v) is 2.19. The van der Waals surface area contributed by atoms with Gasteiger partial charge in [0.1, 0.15) is 6.04 Å². The molecule has 3 amide bonds. The van der Waals surface area contributed by atoms with E-state index in [2.05, 4.69) is 5.32 Å². The van der Waals surface area contributed by atoms with Crippen LogP contribution in [0, 0.1) is 5.92 Å². The second-order valence-corrected chi connectivity index (χ2v) is 4.95. The molecule has 0 bridgehead atoms. The number of aliphatic hydroxyl groups excluding tert-OH is 1. The maximum absolute atomic E-state index is 12.3. The molecule has 4 N–H and O–H groups in total.